The maximum Gasteiger partial charge on any atom is 0.132 e. The summed E-state index contributed by atoms with van der Waals surface area (Å²) in [4.78, 5) is 0. The highest BCUT2D eigenvalue weighted by Gasteiger charge is 2.10. The second-order valence-corrected chi connectivity index (χ2v) is 5.28. The molecule has 0 aliphatic heterocycles. The Balaban J connectivity index is 2.34. The highest BCUT2D eigenvalue weighted by molar-refractivity contribution is 14.1. The number of halogens is 2. The van der Waals surface area contributed by atoms with Crippen molar-refractivity contribution in [1.82, 2.24) is 0 Å². The highest BCUT2D eigenvalue weighted by Crippen LogP contribution is 2.30. The lowest BCUT2D eigenvalue weighted by atomic mass is 10.1. The summed E-state index contributed by atoms with van der Waals surface area (Å²) in [6.45, 7) is 1.80. The summed E-state index contributed by atoms with van der Waals surface area (Å²) < 4.78 is 20.0. The number of hydrogen-bond donors (Lipinski definition) is 1. The van der Waals surface area contributed by atoms with Crippen molar-refractivity contribution in [3.63, 3.8) is 0 Å². The molecule has 0 amide bonds. The monoisotopic (exact) mass is 357 g/mol. The third kappa shape index (κ3) is 3.20. The van der Waals surface area contributed by atoms with Gasteiger partial charge in [-0.05, 0) is 65.9 Å². The average molecular weight is 357 g/mol. The summed E-state index contributed by atoms with van der Waals surface area (Å²) in [5.41, 5.74) is 6.48. The third-order valence-electron chi connectivity index (χ3n) is 2.49. The van der Waals surface area contributed by atoms with Crippen molar-refractivity contribution >= 4 is 22.6 Å². The van der Waals surface area contributed by atoms with Crippen LogP contribution in [0.3, 0.4) is 0 Å². The molecule has 2 rings (SSSR count). The summed E-state index contributed by atoms with van der Waals surface area (Å²) in [5.74, 6) is 1.00. The molecule has 2 nitrogen and oxygen atoms in total. The molecule has 2 aromatic rings. The van der Waals surface area contributed by atoms with E-state index in [1.54, 1.807) is 13.0 Å². The van der Waals surface area contributed by atoms with Crippen LogP contribution >= 0.6 is 22.6 Å². The molecule has 0 aliphatic carbocycles. The number of ether oxygens (including phenoxy) is 1. The minimum Gasteiger partial charge on any atom is -0.457 e. The summed E-state index contributed by atoms with van der Waals surface area (Å²) in [6.07, 6.45) is 0. The summed E-state index contributed by atoms with van der Waals surface area (Å²) in [5, 5.41) is 0. The molecule has 0 heterocycles. The van der Waals surface area contributed by atoms with Crippen molar-refractivity contribution in [3.8, 4) is 11.5 Å². The first-order valence-corrected chi connectivity index (χ1v) is 6.62. The Labute approximate surface area is 119 Å². The predicted octanol–water partition coefficient (Wildman–Crippen LogP) is 4.24. The predicted molar refractivity (Wildman–Crippen MR) is 78.2 cm³/mol. The molecule has 0 aliphatic rings. The van der Waals surface area contributed by atoms with Gasteiger partial charge in [-0.1, -0.05) is 6.07 Å². The largest absolute Gasteiger partial charge is 0.457 e. The van der Waals surface area contributed by atoms with Crippen LogP contribution in [-0.2, 0) is 0 Å². The van der Waals surface area contributed by atoms with Crippen LogP contribution in [0.4, 0.5) is 4.39 Å². The van der Waals surface area contributed by atoms with Crippen LogP contribution in [0.15, 0.2) is 42.5 Å². The second-order valence-electron chi connectivity index (χ2n) is 4.03. The van der Waals surface area contributed by atoms with Gasteiger partial charge in [-0.3, -0.25) is 0 Å². The SMILES string of the molecule is C[C@@H](N)c1cc(F)ccc1Oc1cccc(I)c1. The zero-order chi connectivity index (χ0) is 13.1. The molecule has 0 bridgehead atoms. The van der Waals surface area contributed by atoms with E-state index in [0.29, 0.717) is 11.3 Å². The van der Waals surface area contributed by atoms with Crippen LogP contribution in [0.2, 0.25) is 0 Å². The molecule has 0 aromatic heterocycles. The van der Waals surface area contributed by atoms with E-state index in [2.05, 4.69) is 22.6 Å². The fraction of sp³-hybridized carbons (Fsp3) is 0.143. The van der Waals surface area contributed by atoms with E-state index in [-0.39, 0.29) is 11.9 Å². The number of nitrogens with two attached hydrogens (primary N) is 1. The molecule has 0 spiro atoms. The van der Waals surface area contributed by atoms with E-state index in [4.69, 9.17) is 10.5 Å². The lowest BCUT2D eigenvalue weighted by molar-refractivity contribution is 0.469. The van der Waals surface area contributed by atoms with Crippen LogP contribution in [0.25, 0.3) is 0 Å². The number of rotatable bonds is 3. The van der Waals surface area contributed by atoms with Gasteiger partial charge in [0, 0.05) is 15.2 Å². The van der Waals surface area contributed by atoms with Crippen LogP contribution in [0.1, 0.15) is 18.5 Å². The lowest BCUT2D eigenvalue weighted by Gasteiger charge is -2.14. The molecule has 0 radical (unpaired) electrons. The van der Waals surface area contributed by atoms with Gasteiger partial charge in [0.1, 0.15) is 17.3 Å². The van der Waals surface area contributed by atoms with Crippen LogP contribution in [-0.4, -0.2) is 0 Å². The lowest BCUT2D eigenvalue weighted by Crippen LogP contribution is -2.07. The Morgan fingerprint density at radius 3 is 2.67 bits per heavy atom. The van der Waals surface area contributed by atoms with Crippen molar-refractivity contribution in [2.45, 2.75) is 13.0 Å². The molecule has 2 N–H and O–H groups in total. The topological polar surface area (TPSA) is 35.2 Å². The van der Waals surface area contributed by atoms with Gasteiger partial charge in [0.25, 0.3) is 0 Å². The molecule has 94 valence electrons. The Hall–Kier alpha value is -1.14. The smallest absolute Gasteiger partial charge is 0.132 e. The van der Waals surface area contributed by atoms with Crippen molar-refractivity contribution in [2.75, 3.05) is 0 Å². The Morgan fingerprint density at radius 2 is 2.00 bits per heavy atom. The standard InChI is InChI=1S/C14H13FINO/c1-9(17)13-7-10(15)5-6-14(13)18-12-4-2-3-11(16)8-12/h2-9H,17H2,1H3/t9-/m1/s1. The average Bonchev–Trinajstić information content (AvgIpc) is 2.31. The maximum absolute atomic E-state index is 13.2. The summed E-state index contributed by atoms with van der Waals surface area (Å²) in [6, 6.07) is 11.8. The van der Waals surface area contributed by atoms with E-state index in [9.17, 15) is 4.39 Å². The molecule has 0 saturated heterocycles. The summed E-state index contributed by atoms with van der Waals surface area (Å²) in [7, 11) is 0. The molecule has 2 aromatic carbocycles. The zero-order valence-corrected chi connectivity index (χ0v) is 12.0. The van der Waals surface area contributed by atoms with Crippen LogP contribution in [0, 0.1) is 9.39 Å². The van der Waals surface area contributed by atoms with Gasteiger partial charge in [-0.25, -0.2) is 4.39 Å². The van der Waals surface area contributed by atoms with Gasteiger partial charge in [0.2, 0.25) is 0 Å². The fourth-order valence-electron chi connectivity index (χ4n) is 1.63. The van der Waals surface area contributed by atoms with Crippen LogP contribution in [0.5, 0.6) is 11.5 Å². The van der Waals surface area contributed by atoms with E-state index in [0.717, 1.165) is 9.32 Å². The van der Waals surface area contributed by atoms with Gasteiger partial charge in [-0.15, -0.1) is 0 Å². The van der Waals surface area contributed by atoms with E-state index in [1.165, 1.54) is 12.1 Å². The number of hydrogen-bond acceptors (Lipinski definition) is 2. The maximum atomic E-state index is 13.2. The van der Waals surface area contributed by atoms with E-state index < -0.39 is 0 Å². The minimum absolute atomic E-state index is 0.279. The normalized spacial score (nSPS) is 12.2. The van der Waals surface area contributed by atoms with Gasteiger partial charge < -0.3 is 10.5 Å². The minimum atomic E-state index is -0.308. The quantitative estimate of drug-likeness (QED) is 0.834. The number of benzene rings is 2. The first kappa shape index (κ1) is 13.3. The van der Waals surface area contributed by atoms with E-state index >= 15 is 0 Å². The Morgan fingerprint density at radius 1 is 1.22 bits per heavy atom. The van der Waals surface area contributed by atoms with Gasteiger partial charge in [0.05, 0.1) is 0 Å². The molecular weight excluding hydrogens is 344 g/mol. The summed E-state index contributed by atoms with van der Waals surface area (Å²) >= 11 is 2.21. The Bertz CT molecular complexity index is 557. The highest BCUT2D eigenvalue weighted by atomic mass is 127. The second kappa shape index (κ2) is 5.67. The molecule has 0 saturated carbocycles. The van der Waals surface area contributed by atoms with Gasteiger partial charge in [-0.2, -0.15) is 0 Å². The van der Waals surface area contributed by atoms with Crippen molar-refractivity contribution in [1.29, 1.82) is 0 Å². The first-order valence-electron chi connectivity index (χ1n) is 5.54. The molecule has 0 fully saturated rings. The molecule has 18 heavy (non-hydrogen) atoms. The molecular formula is C14H13FINO. The van der Waals surface area contributed by atoms with Crippen molar-refractivity contribution in [3.05, 3.63) is 57.4 Å². The third-order valence-corrected chi connectivity index (χ3v) is 3.16. The zero-order valence-electron chi connectivity index (χ0n) is 9.86. The Kier molecular flexibility index (Phi) is 4.19. The van der Waals surface area contributed by atoms with Crippen molar-refractivity contribution < 1.29 is 9.13 Å². The van der Waals surface area contributed by atoms with Crippen LogP contribution < -0.4 is 10.5 Å². The molecule has 4 heteroatoms. The molecule has 1 atom stereocenters. The first-order chi connectivity index (χ1) is 8.56. The van der Waals surface area contributed by atoms with Gasteiger partial charge in [0.15, 0.2) is 0 Å². The van der Waals surface area contributed by atoms with Crippen molar-refractivity contribution in [2.24, 2.45) is 5.73 Å². The van der Waals surface area contributed by atoms with E-state index in [1.807, 2.05) is 24.3 Å². The molecule has 0 unspecified atom stereocenters. The fourth-order valence-corrected chi connectivity index (χ4v) is 2.14. The van der Waals surface area contributed by atoms with Gasteiger partial charge >= 0.3 is 0 Å².